The van der Waals surface area contributed by atoms with E-state index in [1.54, 1.807) is 12.1 Å². The Labute approximate surface area is 162 Å². The Morgan fingerprint density at radius 2 is 1.85 bits per heavy atom. The summed E-state index contributed by atoms with van der Waals surface area (Å²) in [6, 6.07) is 14.2. The molecule has 1 atom stereocenters. The second-order valence-corrected chi connectivity index (χ2v) is 7.15. The molecule has 0 radical (unpaired) electrons. The smallest absolute Gasteiger partial charge is 0.273 e. The number of phenolic OH excluding ortho intramolecular Hbond substituents is 1. The van der Waals surface area contributed by atoms with Crippen LogP contribution in [0.15, 0.2) is 48.5 Å². The standard InChI is InChI=1S/C21H20ClN3O2/c1-2-3-12-25-20(14-6-10-16(26)11-7-14)17-18(23-24-19(17)21(25)27)13-4-8-15(22)9-5-13/h4-11,20,26H,2-3,12H2,1H3,(H,23,24). The lowest BCUT2D eigenvalue weighted by Crippen LogP contribution is -2.30. The van der Waals surface area contributed by atoms with Gasteiger partial charge in [0, 0.05) is 22.7 Å². The highest BCUT2D eigenvalue weighted by molar-refractivity contribution is 6.30. The lowest BCUT2D eigenvalue weighted by atomic mass is 9.96. The van der Waals surface area contributed by atoms with Crippen LogP contribution in [0.4, 0.5) is 0 Å². The van der Waals surface area contributed by atoms with Crippen molar-refractivity contribution in [1.29, 1.82) is 0 Å². The normalized spacial score (nSPS) is 16.0. The summed E-state index contributed by atoms with van der Waals surface area (Å²) >= 11 is 6.02. The van der Waals surface area contributed by atoms with E-state index < -0.39 is 0 Å². The number of unbranched alkanes of at least 4 members (excludes halogenated alkanes) is 1. The second kappa shape index (κ2) is 7.08. The quantitative estimate of drug-likeness (QED) is 0.668. The molecule has 2 heterocycles. The van der Waals surface area contributed by atoms with Crippen LogP contribution in [0.3, 0.4) is 0 Å². The minimum absolute atomic E-state index is 0.0377. The Morgan fingerprint density at radius 3 is 2.52 bits per heavy atom. The number of carbonyl (C=O) groups excluding carboxylic acids is 1. The summed E-state index contributed by atoms with van der Waals surface area (Å²) in [7, 11) is 0. The Kier molecular flexibility index (Phi) is 4.62. The van der Waals surface area contributed by atoms with E-state index in [9.17, 15) is 9.90 Å². The van der Waals surface area contributed by atoms with Gasteiger partial charge in [-0.15, -0.1) is 0 Å². The zero-order chi connectivity index (χ0) is 19.0. The van der Waals surface area contributed by atoms with Gasteiger partial charge in [0.2, 0.25) is 0 Å². The number of rotatable bonds is 5. The number of hydrogen-bond acceptors (Lipinski definition) is 3. The van der Waals surface area contributed by atoms with Gasteiger partial charge in [-0.25, -0.2) is 0 Å². The molecule has 6 heteroatoms. The van der Waals surface area contributed by atoms with E-state index in [0.29, 0.717) is 17.3 Å². The van der Waals surface area contributed by atoms with Gasteiger partial charge in [0.05, 0.1) is 11.7 Å². The van der Waals surface area contributed by atoms with Crippen molar-refractivity contribution in [3.8, 4) is 17.0 Å². The molecular formula is C21H20ClN3O2. The summed E-state index contributed by atoms with van der Waals surface area (Å²) in [6.45, 7) is 2.78. The van der Waals surface area contributed by atoms with Crippen molar-refractivity contribution < 1.29 is 9.90 Å². The molecule has 3 aromatic rings. The average Bonchev–Trinajstić information content (AvgIpc) is 3.21. The number of carbonyl (C=O) groups is 1. The molecule has 0 fully saturated rings. The van der Waals surface area contributed by atoms with Gasteiger partial charge in [0.15, 0.2) is 0 Å². The largest absolute Gasteiger partial charge is 0.508 e. The topological polar surface area (TPSA) is 69.2 Å². The summed E-state index contributed by atoms with van der Waals surface area (Å²) in [5.41, 5.74) is 4.03. The molecule has 0 saturated carbocycles. The Bertz CT molecular complexity index is 964. The molecule has 138 valence electrons. The first-order chi connectivity index (χ1) is 13.1. The zero-order valence-electron chi connectivity index (χ0n) is 14.9. The fourth-order valence-electron chi connectivity index (χ4n) is 3.59. The van der Waals surface area contributed by atoms with Crippen LogP contribution in [-0.4, -0.2) is 32.7 Å². The van der Waals surface area contributed by atoms with Crippen molar-refractivity contribution in [2.75, 3.05) is 6.54 Å². The highest BCUT2D eigenvalue weighted by atomic mass is 35.5. The van der Waals surface area contributed by atoms with Gasteiger partial charge in [-0.1, -0.05) is 49.2 Å². The lowest BCUT2D eigenvalue weighted by molar-refractivity contribution is 0.0741. The predicted octanol–water partition coefficient (Wildman–Crippen LogP) is 4.78. The van der Waals surface area contributed by atoms with Gasteiger partial charge in [0.1, 0.15) is 11.4 Å². The van der Waals surface area contributed by atoms with Crippen molar-refractivity contribution in [2.45, 2.75) is 25.8 Å². The van der Waals surface area contributed by atoms with E-state index in [1.807, 2.05) is 41.3 Å². The summed E-state index contributed by atoms with van der Waals surface area (Å²) in [4.78, 5) is 14.9. The number of nitrogens with one attached hydrogen (secondary N) is 1. The van der Waals surface area contributed by atoms with Crippen molar-refractivity contribution >= 4 is 17.5 Å². The molecule has 1 aliphatic heterocycles. The number of aromatic hydroxyl groups is 1. The minimum Gasteiger partial charge on any atom is -0.508 e. The number of fused-ring (bicyclic) bond motifs is 1. The summed E-state index contributed by atoms with van der Waals surface area (Å²) < 4.78 is 0. The Balaban J connectivity index is 1.84. The van der Waals surface area contributed by atoms with E-state index in [2.05, 4.69) is 17.1 Å². The minimum atomic E-state index is -0.232. The van der Waals surface area contributed by atoms with Gasteiger partial charge in [-0.3, -0.25) is 9.89 Å². The molecule has 1 unspecified atom stereocenters. The maximum atomic E-state index is 13.0. The molecule has 0 aliphatic carbocycles. The number of phenols is 1. The second-order valence-electron chi connectivity index (χ2n) is 6.71. The number of hydrogen-bond donors (Lipinski definition) is 2. The van der Waals surface area contributed by atoms with E-state index in [-0.39, 0.29) is 17.7 Å². The average molecular weight is 382 g/mol. The van der Waals surface area contributed by atoms with Crippen LogP contribution >= 0.6 is 11.6 Å². The highest BCUT2D eigenvalue weighted by Crippen LogP contribution is 2.43. The Morgan fingerprint density at radius 1 is 1.15 bits per heavy atom. The molecule has 2 aromatic carbocycles. The molecule has 0 bridgehead atoms. The van der Waals surface area contributed by atoms with Crippen LogP contribution in [0.5, 0.6) is 5.75 Å². The molecule has 0 spiro atoms. The van der Waals surface area contributed by atoms with Gasteiger partial charge >= 0.3 is 0 Å². The molecule has 1 amide bonds. The molecule has 27 heavy (non-hydrogen) atoms. The number of nitrogens with zero attached hydrogens (tertiary/aromatic N) is 2. The maximum Gasteiger partial charge on any atom is 0.273 e. The number of halogens is 1. The number of aromatic nitrogens is 2. The third kappa shape index (κ3) is 3.08. The van der Waals surface area contributed by atoms with Crippen LogP contribution in [0.2, 0.25) is 5.02 Å². The highest BCUT2D eigenvalue weighted by Gasteiger charge is 2.41. The van der Waals surface area contributed by atoms with Crippen molar-refractivity contribution in [1.82, 2.24) is 15.1 Å². The van der Waals surface area contributed by atoms with Gasteiger partial charge < -0.3 is 10.0 Å². The van der Waals surface area contributed by atoms with Crippen LogP contribution in [0.25, 0.3) is 11.3 Å². The molecule has 5 nitrogen and oxygen atoms in total. The first-order valence-electron chi connectivity index (χ1n) is 9.04. The maximum absolute atomic E-state index is 13.0. The number of aromatic amines is 1. The first-order valence-corrected chi connectivity index (χ1v) is 9.42. The van der Waals surface area contributed by atoms with E-state index in [0.717, 1.165) is 35.2 Å². The first kappa shape index (κ1) is 17.6. The molecule has 0 saturated heterocycles. The van der Waals surface area contributed by atoms with Gasteiger partial charge in [-0.05, 0) is 36.2 Å². The number of amides is 1. The lowest BCUT2D eigenvalue weighted by Gasteiger charge is -2.26. The van der Waals surface area contributed by atoms with E-state index >= 15 is 0 Å². The molecule has 1 aromatic heterocycles. The van der Waals surface area contributed by atoms with Crippen LogP contribution in [-0.2, 0) is 0 Å². The zero-order valence-corrected chi connectivity index (χ0v) is 15.7. The number of benzene rings is 2. The van der Waals surface area contributed by atoms with Crippen molar-refractivity contribution in [3.63, 3.8) is 0 Å². The van der Waals surface area contributed by atoms with Crippen molar-refractivity contribution in [2.24, 2.45) is 0 Å². The molecule has 2 N–H and O–H groups in total. The monoisotopic (exact) mass is 381 g/mol. The third-order valence-electron chi connectivity index (χ3n) is 4.94. The van der Waals surface area contributed by atoms with Gasteiger partial charge in [0.25, 0.3) is 5.91 Å². The predicted molar refractivity (Wildman–Crippen MR) is 105 cm³/mol. The van der Waals surface area contributed by atoms with Crippen LogP contribution in [0.1, 0.15) is 47.4 Å². The van der Waals surface area contributed by atoms with Crippen LogP contribution in [0, 0.1) is 0 Å². The van der Waals surface area contributed by atoms with Crippen LogP contribution < -0.4 is 0 Å². The third-order valence-corrected chi connectivity index (χ3v) is 5.19. The number of H-pyrrole nitrogens is 1. The Hall–Kier alpha value is -2.79. The summed E-state index contributed by atoms with van der Waals surface area (Å²) in [5.74, 6) is 0.165. The fraction of sp³-hybridized carbons (Fsp3) is 0.238. The van der Waals surface area contributed by atoms with E-state index in [1.165, 1.54) is 0 Å². The SMILES string of the molecule is CCCCN1C(=O)c2[nH]nc(-c3ccc(Cl)cc3)c2C1c1ccc(O)cc1. The summed E-state index contributed by atoms with van der Waals surface area (Å²) in [5, 5.41) is 17.7. The molecule has 1 aliphatic rings. The summed E-state index contributed by atoms with van der Waals surface area (Å²) in [6.07, 6.45) is 1.93. The van der Waals surface area contributed by atoms with Gasteiger partial charge in [-0.2, -0.15) is 5.10 Å². The van der Waals surface area contributed by atoms with E-state index in [4.69, 9.17) is 11.6 Å². The molecular weight excluding hydrogens is 362 g/mol. The fourth-order valence-corrected chi connectivity index (χ4v) is 3.71. The van der Waals surface area contributed by atoms with Crippen molar-refractivity contribution in [3.05, 3.63) is 70.4 Å². The molecule has 4 rings (SSSR count).